The van der Waals surface area contributed by atoms with E-state index in [1.807, 2.05) is 0 Å². The Bertz CT molecular complexity index is 354. The summed E-state index contributed by atoms with van der Waals surface area (Å²) < 4.78 is 34.8. The highest BCUT2D eigenvalue weighted by atomic mass is 32.2. The van der Waals surface area contributed by atoms with Crippen molar-refractivity contribution in [2.75, 3.05) is 33.1 Å². The zero-order chi connectivity index (χ0) is 12.9. The maximum Gasteiger partial charge on any atom is 0.305 e. The van der Waals surface area contributed by atoms with E-state index in [0.29, 0.717) is 19.5 Å². The number of carbonyl (C=O) groups excluding carboxylic acids is 1. The number of ether oxygens (including phenoxy) is 2. The molecule has 0 spiro atoms. The van der Waals surface area contributed by atoms with Crippen LogP contribution < -0.4 is 0 Å². The highest BCUT2D eigenvalue weighted by Gasteiger charge is 2.30. The van der Waals surface area contributed by atoms with Gasteiger partial charge in [-0.25, -0.2) is 8.42 Å². The van der Waals surface area contributed by atoms with Crippen LogP contribution in [0.4, 0.5) is 0 Å². The van der Waals surface area contributed by atoms with Gasteiger partial charge < -0.3 is 9.47 Å². The quantitative estimate of drug-likeness (QED) is 0.632. The van der Waals surface area contributed by atoms with E-state index in [1.165, 1.54) is 11.4 Å². The summed E-state index contributed by atoms with van der Waals surface area (Å²) in [7, 11) is -0.388. The molecule has 0 aromatic heterocycles. The average Bonchev–Trinajstić information content (AvgIpc) is 2.77. The summed E-state index contributed by atoms with van der Waals surface area (Å²) in [6.07, 6.45) is 1.15. The fourth-order valence-corrected chi connectivity index (χ4v) is 3.32. The van der Waals surface area contributed by atoms with Gasteiger partial charge in [-0.2, -0.15) is 4.31 Å². The molecule has 0 amide bonds. The molecule has 0 aromatic rings. The molecule has 1 aliphatic rings. The van der Waals surface area contributed by atoms with Crippen LogP contribution in [0.1, 0.15) is 19.3 Å². The van der Waals surface area contributed by atoms with Crippen LogP contribution in [0.5, 0.6) is 0 Å². The molecule has 6 nitrogen and oxygen atoms in total. The van der Waals surface area contributed by atoms with Crippen molar-refractivity contribution in [3.8, 4) is 0 Å². The first-order valence-corrected chi connectivity index (χ1v) is 7.18. The number of carbonyl (C=O) groups is 1. The van der Waals surface area contributed by atoms with Gasteiger partial charge in [-0.3, -0.25) is 4.79 Å². The maximum atomic E-state index is 11.9. The van der Waals surface area contributed by atoms with E-state index in [0.717, 1.165) is 6.42 Å². The van der Waals surface area contributed by atoms with Crippen LogP contribution in [0.2, 0.25) is 0 Å². The van der Waals surface area contributed by atoms with Gasteiger partial charge in [-0.1, -0.05) is 0 Å². The summed E-state index contributed by atoms with van der Waals surface area (Å²) in [6.45, 7) is 0.913. The predicted octanol–water partition coefficient (Wildman–Crippen LogP) is -0.00990. The molecule has 0 radical (unpaired) electrons. The van der Waals surface area contributed by atoms with Crippen LogP contribution in [-0.4, -0.2) is 57.9 Å². The zero-order valence-corrected chi connectivity index (χ0v) is 11.0. The Hall–Kier alpha value is -0.660. The Morgan fingerprint density at radius 1 is 1.41 bits per heavy atom. The van der Waals surface area contributed by atoms with Gasteiger partial charge in [0.05, 0.1) is 19.0 Å². The molecular weight excluding hydrogens is 246 g/mol. The molecule has 17 heavy (non-hydrogen) atoms. The van der Waals surface area contributed by atoms with Gasteiger partial charge in [0.1, 0.15) is 0 Å². The number of sulfonamides is 1. The summed E-state index contributed by atoms with van der Waals surface area (Å²) in [5, 5.41) is 0. The van der Waals surface area contributed by atoms with E-state index in [9.17, 15) is 13.2 Å². The van der Waals surface area contributed by atoms with Gasteiger partial charge in [-0.15, -0.1) is 0 Å². The summed E-state index contributed by atoms with van der Waals surface area (Å²) in [5.41, 5.74) is 0. The molecule has 0 saturated carbocycles. The molecule has 100 valence electrons. The molecule has 1 unspecified atom stereocenters. The molecule has 1 rings (SSSR count). The zero-order valence-electron chi connectivity index (χ0n) is 10.2. The van der Waals surface area contributed by atoms with E-state index in [2.05, 4.69) is 4.74 Å². The fraction of sp³-hybridized carbons (Fsp3) is 0.900. The van der Waals surface area contributed by atoms with Crippen molar-refractivity contribution < 1.29 is 22.7 Å². The smallest absolute Gasteiger partial charge is 0.305 e. The van der Waals surface area contributed by atoms with Crippen LogP contribution in [0.25, 0.3) is 0 Å². The molecule has 0 N–H and O–H groups in total. The normalized spacial score (nSPS) is 21.6. The molecule has 0 aromatic carbocycles. The lowest BCUT2D eigenvalue weighted by Crippen LogP contribution is -2.32. The summed E-state index contributed by atoms with van der Waals surface area (Å²) in [4.78, 5) is 10.9. The Kier molecular flexibility index (Phi) is 5.35. The molecule has 1 saturated heterocycles. The van der Waals surface area contributed by atoms with E-state index in [-0.39, 0.29) is 24.2 Å². The van der Waals surface area contributed by atoms with Crippen molar-refractivity contribution in [1.29, 1.82) is 0 Å². The SMILES string of the molecule is COC(=O)CCCS(=O)(=O)N1CCC(OC)C1. The lowest BCUT2D eigenvalue weighted by atomic mass is 10.3. The van der Waals surface area contributed by atoms with E-state index in [4.69, 9.17) is 4.74 Å². The van der Waals surface area contributed by atoms with Crippen molar-refractivity contribution in [3.05, 3.63) is 0 Å². The first kappa shape index (κ1) is 14.4. The minimum Gasteiger partial charge on any atom is -0.469 e. The third kappa shape index (κ3) is 4.25. The largest absolute Gasteiger partial charge is 0.469 e. The third-order valence-corrected chi connectivity index (χ3v) is 4.77. The molecule has 0 bridgehead atoms. The Morgan fingerprint density at radius 2 is 2.12 bits per heavy atom. The summed E-state index contributed by atoms with van der Waals surface area (Å²) >= 11 is 0. The summed E-state index contributed by atoms with van der Waals surface area (Å²) in [5.74, 6) is -0.394. The second kappa shape index (κ2) is 6.32. The highest BCUT2D eigenvalue weighted by Crippen LogP contribution is 2.17. The van der Waals surface area contributed by atoms with E-state index < -0.39 is 10.0 Å². The number of rotatable bonds is 6. The summed E-state index contributed by atoms with van der Waals surface area (Å²) in [6, 6.07) is 0. The van der Waals surface area contributed by atoms with Crippen LogP contribution in [0.3, 0.4) is 0 Å². The molecular formula is C10H19NO5S. The highest BCUT2D eigenvalue weighted by molar-refractivity contribution is 7.89. The molecule has 1 aliphatic heterocycles. The molecule has 0 aliphatic carbocycles. The van der Waals surface area contributed by atoms with Crippen molar-refractivity contribution >= 4 is 16.0 Å². The maximum absolute atomic E-state index is 11.9. The predicted molar refractivity (Wildman–Crippen MR) is 62.0 cm³/mol. The monoisotopic (exact) mass is 265 g/mol. The minimum atomic E-state index is -3.26. The standard InChI is InChI=1S/C10H19NO5S/c1-15-9-5-6-11(8-9)17(13,14)7-3-4-10(12)16-2/h9H,3-8H2,1-2H3. The van der Waals surface area contributed by atoms with E-state index >= 15 is 0 Å². The van der Waals surface area contributed by atoms with Crippen molar-refractivity contribution in [2.24, 2.45) is 0 Å². The van der Waals surface area contributed by atoms with Crippen molar-refractivity contribution in [2.45, 2.75) is 25.4 Å². The molecule has 1 heterocycles. The van der Waals surface area contributed by atoms with Crippen LogP contribution in [0.15, 0.2) is 0 Å². The number of hydrogen-bond donors (Lipinski definition) is 0. The number of hydrogen-bond acceptors (Lipinski definition) is 5. The van der Waals surface area contributed by atoms with E-state index in [1.54, 1.807) is 7.11 Å². The van der Waals surface area contributed by atoms with Crippen LogP contribution in [0, 0.1) is 0 Å². The third-order valence-electron chi connectivity index (χ3n) is 2.85. The number of nitrogens with zero attached hydrogens (tertiary/aromatic N) is 1. The van der Waals surface area contributed by atoms with Crippen LogP contribution in [-0.2, 0) is 24.3 Å². The Morgan fingerprint density at radius 3 is 2.65 bits per heavy atom. The van der Waals surface area contributed by atoms with Crippen molar-refractivity contribution in [3.63, 3.8) is 0 Å². The first-order chi connectivity index (χ1) is 7.99. The first-order valence-electron chi connectivity index (χ1n) is 5.57. The van der Waals surface area contributed by atoms with Crippen molar-refractivity contribution in [1.82, 2.24) is 4.31 Å². The van der Waals surface area contributed by atoms with Gasteiger partial charge in [0.15, 0.2) is 0 Å². The lowest BCUT2D eigenvalue weighted by molar-refractivity contribution is -0.140. The lowest BCUT2D eigenvalue weighted by Gasteiger charge is -2.15. The van der Waals surface area contributed by atoms with Gasteiger partial charge in [0, 0.05) is 26.6 Å². The van der Waals surface area contributed by atoms with Gasteiger partial charge in [0.25, 0.3) is 0 Å². The van der Waals surface area contributed by atoms with Gasteiger partial charge in [0.2, 0.25) is 10.0 Å². The molecule has 1 fully saturated rings. The number of methoxy groups -OCH3 is 2. The Labute approximate surface area is 102 Å². The fourth-order valence-electron chi connectivity index (χ4n) is 1.77. The topological polar surface area (TPSA) is 72.9 Å². The second-order valence-corrected chi connectivity index (χ2v) is 6.09. The molecule has 1 atom stereocenters. The average molecular weight is 265 g/mol. The molecule has 7 heteroatoms. The Balaban J connectivity index is 2.39. The number of esters is 1. The van der Waals surface area contributed by atoms with Gasteiger partial charge in [-0.05, 0) is 12.8 Å². The minimum absolute atomic E-state index is 0.00891. The van der Waals surface area contributed by atoms with Gasteiger partial charge >= 0.3 is 5.97 Å². The van der Waals surface area contributed by atoms with Crippen LogP contribution >= 0.6 is 0 Å². The second-order valence-electron chi connectivity index (χ2n) is 4.00.